The van der Waals surface area contributed by atoms with E-state index in [0.29, 0.717) is 5.69 Å². The molecule has 128 valence electrons. The van der Waals surface area contributed by atoms with E-state index in [2.05, 4.69) is 10.0 Å². The second-order valence-electron chi connectivity index (χ2n) is 5.71. The van der Waals surface area contributed by atoms with E-state index in [-0.39, 0.29) is 22.4 Å². The van der Waals surface area contributed by atoms with Gasteiger partial charge in [-0.1, -0.05) is 26.0 Å². The highest BCUT2D eigenvalue weighted by molar-refractivity contribution is 7.92. The molecule has 0 atom stereocenters. The van der Waals surface area contributed by atoms with Crippen LogP contribution in [0.2, 0.25) is 0 Å². The average molecular weight is 350 g/mol. The van der Waals surface area contributed by atoms with Gasteiger partial charge in [0, 0.05) is 12.6 Å². The van der Waals surface area contributed by atoms with Gasteiger partial charge in [0.2, 0.25) is 5.91 Å². The van der Waals surface area contributed by atoms with Gasteiger partial charge in [0.15, 0.2) is 0 Å². The molecule has 0 saturated carbocycles. The SMILES string of the molecule is CC(=O)Nc1ccc(F)c(NS(=O)(=O)c2ccc(C(C)C)cc2)c1. The van der Waals surface area contributed by atoms with Crippen LogP contribution in [0.15, 0.2) is 47.4 Å². The van der Waals surface area contributed by atoms with E-state index in [1.807, 2.05) is 13.8 Å². The summed E-state index contributed by atoms with van der Waals surface area (Å²) in [6.45, 7) is 5.32. The minimum atomic E-state index is -3.93. The highest BCUT2D eigenvalue weighted by Crippen LogP contribution is 2.24. The maximum absolute atomic E-state index is 13.9. The molecule has 0 aliphatic heterocycles. The summed E-state index contributed by atoms with van der Waals surface area (Å²) in [5.74, 6) is -0.785. The number of benzene rings is 2. The number of amides is 1. The molecular formula is C17H19FN2O3S. The van der Waals surface area contributed by atoms with Gasteiger partial charge in [0.05, 0.1) is 10.6 Å². The van der Waals surface area contributed by atoms with Crippen LogP contribution in [0.5, 0.6) is 0 Å². The summed E-state index contributed by atoms with van der Waals surface area (Å²) in [7, 11) is -3.93. The molecule has 7 heteroatoms. The minimum Gasteiger partial charge on any atom is -0.326 e. The number of carbonyl (C=O) groups is 1. The van der Waals surface area contributed by atoms with Crippen LogP contribution in [0.1, 0.15) is 32.3 Å². The molecule has 0 aliphatic carbocycles. The molecule has 0 unspecified atom stereocenters. The lowest BCUT2D eigenvalue weighted by atomic mass is 10.0. The Labute approximate surface area is 141 Å². The van der Waals surface area contributed by atoms with Gasteiger partial charge in [-0.15, -0.1) is 0 Å². The summed E-state index contributed by atoms with van der Waals surface area (Å²) in [6.07, 6.45) is 0. The normalized spacial score (nSPS) is 11.4. The number of carbonyl (C=O) groups excluding carboxylic acids is 1. The molecule has 2 rings (SSSR count). The second kappa shape index (κ2) is 7.00. The van der Waals surface area contributed by atoms with Gasteiger partial charge in [0.25, 0.3) is 10.0 Å². The molecule has 0 radical (unpaired) electrons. The van der Waals surface area contributed by atoms with E-state index in [4.69, 9.17) is 0 Å². The third-order valence-electron chi connectivity index (χ3n) is 3.39. The van der Waals surface area contributed by atoms with Crippen LogP contribution in [0.25, 0.3) is 0 Å². The average Bonchev–Trinajstić information content (AvgIpc) is 2.50. The van der Waals surface area contributed by atoms with Gasteiger partial charge in [-0.25, -0.2) is 12.8 Å². The smallest absolute Gasteiger partial charge is 0.261 e. The summed E-state index contributed by atoms with van der Waals surface area (Å²) in [6, 6.07) is 10.1. The van der Waals surface area contributed by atoms with E-state index in [0.717, 1.165) is 11.6 Å². The van der Waals surface area contributed by atoms with Gasteiger partial charge in [-0.2, -0.15) is 0 Å². The van der Waals surface area contributed by atoms with Crippen molar-refractivity contribution in [2.75, 3.05) is 10.0 Å². The molecular weight excluding hydrogens is 331 g/mol. The molecule has 2 aromatic carbocycles. The molecule has 0 aliphatic rings. The van der Waals surface area contributed by atoms with Crippen LogP contribution in [0.3, 0.4) is 0 Å². The fraction of sp³-hybridized carbons (Fsp3) is 0.235. The van der Waals surface area contributed by atoms with Gasteiger partial charge >= 0.3 is 0 Å². The van der Waals surface area contributed by atoms with Crippen molar-refractivity contribution in [1.29, 1.82) is 0 Å². The van der Waals surface area contributed by atoms with E-state index in [9.17, 15) is 17.6 Å². The number of hydrogen-bond donors (Lipinski definition) is 2. The molecule has 0 saturated heterocycles. The zero-order valence-electron chi connectivity index (χ0n) is 13.6. The van der Waals surface area contributed by atoms with Gasteiger partial charge in [-0.05, 0) is 41.8 Å². The zero-order chi connectivity index (χ0) is 17.9. The number of hydrogen-bond acceptors (Lipinski definition) is 3. The third kappa shape index (κ3) is 4.32. The molecule has 2 aromatic rings. The Balaban J connectivity index is 2.30. The number of sulfonamides is 1. The van der Waals surface area contributed by atoms with Gasteiger partial charge in [-0.3, -0.25) is 9.52 Å². The first-order valence-electron chi connectivity index (χ1n) is 7.39. The van der Waals surface area contributed by atoms with Gasteiger partial charge in [0.1, 0.15) is 5.82 Å². The summed E-state index contributed by atoms with van der Waals surface area (Å²) in [5, 5.41) is 2.48. The van der Waals surface area contributed by atoms with Crippen LogP contribution in [0, 0.1) is 5.82 Å². The lowest BCUT2D eigenvalue weighted by Crippen LogP contribution is -2.14. The number of rotatable bonds is 5. The predicted octanol–water partition coefficient (Wildman–Crippen LogP) is 3.71. The Morgan fingerprint density at radius 2 is 1.71 bits per heavy atom. The van der Waals surface area contributed by atoms with Crippen LogP contribution in [-0.4, -0.2) is 14.3 Å². The summed E-state index contributed by atoms with van der Waals surface area (Å²) in [4.78, 5) is 11.1. The first kappa shape index (κ1) is 17.9. The molecule has 0 bridgehead atoms. The van der Waals surface area contributed by atoms with Gasteiger partial charge < -0.3 is 5.32 Å². The standard InChI is InChI=1S/C17H19FN2O3S/c1-11(2)13-4-7-15(8-5-13)24(22,23)20-17-10-14(19-12(3)21)6-9-16(17)18/h4-11,20H,1-3H3,(H,19,21). The largest absolute Gasteiger partial charge is 0.326 e. The van der Waals surface area contributed by atoms with Crippen LogP contribution < -0.4 is 10.0 Å². The van der Waals surface area contributed by atoms with E-state index in [1.54, 1.807) is 12.1 Å². The van der Waals surface area contributed by atoms with Crippen molar-refractivity contribution < 1.29 is 17.6 Å². The Kier molecular flexibility index (Phi) is 5.23. The van der Waals surface area contributed by atoms with Crippen molar-refractivity contribution >= 4 is 27.3 Å². The Morgan fingerprint density at radius 1 is 1.08 bits per heavy atom. The molecule has 5 nitrogen and oxygen atoms in total. The summed E-state index contributed by atoms with van der Waals surface area (Å²) < 4.78 is 40.9. The summed E-state index contributed by atoms with van der Waals surface area (Å²) >= 11 is 0. The minimum absolute atomic E-state index is 0.0382. The van der Waals surface area contributed by atoms with Crippen LogP contribution in [0.4, 0.5) is 15.8 Å². The quantitative estimate of drug-likeness (QED) is 0.863. The van der Waals surface area contributed by atoms with Crippen LogP contribution >= 0.6 is 0 Å². The maximum Gasteiger partial charge on any atom is 0.261 e. The molecule has 0 spiro atoms. The van der Waals surface area contributed by atoms with Crippen molar-refractivity contribution in [3.63, 3.8) is 0 Å². The van der Waals surface area contributed by atoms with Crippen molar-refractivity contribution in [2.45, 2.75) is 31.6 Å². The lowest BCUT2D eigenvalue weighted by Gasteiger charge is -2.12. The highest BCUT2D eigenvalue weighted by atomic mass is 32.2. The van der Waals surface area contributed by atoms with E-state index in [1.165, 1.54) is 31.2 Å². The van der Waals surface area contributed by atoms with E-state index < -0.39 is 15.8 Å². The third-order valence-corrected chi connectivity index (χ3v) is 4.77. The second-order valence-corrected chi connectivity index (χ2v) is 7.39. The number of nitrogens with one attached hydrogen (secondary N) is 2. The fourth-order valence-electron chi connectivity index (χ4n) is 2.12. The molecule has 24 heavy (non-hydrogen) atoms. The van der Waals surface area contributed by atoms with Crippen LogP contribution in [-0.2, 0) is 14.8 Å². The lowest BCUT2D eigenvalue weighted by molar-refractivity contribution is -0.114. The molecule has 1 amide bonds. The first-order valence-corrected chi connectivity index (χ1v) is 8.87. The van der Waals surface area contributed by atoms with E-state index >= 15 is 0 Å². The monoisotopic (exact) mass is 350 g/mol. The Morgan fingerprint density at radius 3 is 2.25 bits per heavy atom. The highest BCUT2D eigenvalue weighted by Gasteiger charge is 2.17. The molecule has 0 aromatic heterocycles. The van der Waals surface area contributed by atoms with Crippen molar-refractivity contribution in [1.82, 2.24) is 0 Å². The Hall–Kier alpha value is -2.41. The number of halogens is 1. The Bertz CT molecular complexity index is 847. The fourth-order valence-corrected chi connectivity index (χ4v) is 3.18. The molecule has 0 fully saturated rings. The van der Waals surface area contributed by atoms with Crippen molar-refractivity contribution in [3.8, 4) is 0 Å². The maximum atomic E-state index is 13.9. The predicted molar refractivity (Wildman–Crippen MR) is 92.0 cm³/mol. The zero-order valence-corrected chi connectivity index (χ0v) is 14.4. The summed E-state index contributed by atoms with van der Waals surface area (Å²) in [5.41, 5.74) is 1.08. The first-order chi connectivity index (χ1) is 11.2. The van der Waals surface area contributed by atoms with Crippen molar-refractivity contribution in [3.05, 3.63) is 53.8 Å². The van der Waals surface area contributed by atoms with Crippen molar-refractivity contribution in [2.24, 2.45) is 0 Å². The topological polar surface area (TPSA) is 75.3 Å². The molecule has 0 heterocycles. The molecule has 2 N–H and O–H groups in total. The number of anilines is 2.